The van der Waals surface area contributed by atoms with E-state index in [-0.39, 0.29) is 29.7 Å². The zero-order chi connectivity index (χ0) is 29.1. The number of nitrogens with zero attached hydrogens (tertiary/aromatic N) is 4. The SMILES string of the molecule is C[C@H]1NC(=O)CCC[C@H]2[C@@H]3C[C@@H](CN(Cc4cc(-c5cccnc5)no4)C3)CN2C(=O)[C@H](Cc2ccccc2)NC1=O. The van der Waals surface area contributed by atoms with Gasteiger partial charge in [-0.2, -0.15) is 0 Å². The zero-order valence-electron chi connectivity index (χ0n) is 23.9. The summed E-state index contributed by atoms with van der Waals surface area (Å²) in [5.41, 5.74) is 2.67. The minimum Gasteiger partial charge on any atom is -0.359 e. The van der Waals surface area contributed by atoms with Crippen LogP contribution in [-0.4, -0.2) is 75.4 Å². The second kappa shape index (κ2) is 12.4. The fourth-order valence-electron chi connectivity index (χ4n) is 6.86. The van der Waals surface area contributed by atoms with Crippen LogP contribution in [0.15, 0.2) is 65.4 Å². The number of aromatic nitrogens is 2. The van der Waals surface area contributed by atoms with Crippen LogP contribution in [0.25, 0.3) is 11.3 Å². The molecule has 3 aromatic rings. The summed E-state index contributed by atoms with van der Waals surface area (Å²) in [4.78, 5) is 48.5. The molecule has 42 heavy (non-hydrogen) atoms. The van der Waals surface area contributed by atoms with E-state index in [1.807, 2.05) is 53.4 Å². The summed E-state index contributed by atoms with van der Waals surface area (Å²) >= 11 is 0. The first-order chi connectivity index (χ1) is 20.4. The number of carbonyl (C=O) groups is 3. The summed E-state index contributed by atoms with van der Waals surface area (Å²) in [5.74, 6) is 0.876. The van der Waals surface area contributed by atoms with Crippen LogP contribution < -0.4 is 10.6 Å². The quantitative estimate of drug-likeness (QED) is 0.484. The van der Waals surface area contributed by atoms with E-state index < -0.39 is 12.1 Å². The van der Waals surface area contributed by atoms with Gasteiger partial charge in [0.25, 0.3) is 0 Å². The number of rotatable bonds is 5. The van der Waals surface area contributed by atoms with E-state index in [0.29, 0.717) is 38.3 Å². The maximum atomic E-state index is 14.2. The predicted octanol–water partition coefficient (Wildman–Crippen LogP) is 2.80. The molecule has 3 aliphatic heterocycles. The van der Waals surface area contributed by atoms with Crippen LogP contribution in [0.2, 0.25) is 0 Å². The Kier molecular flexibility index (Phi) is 8.32. The lowest BCUT2D eigenvalue weighted by atomic mass is 9.77. The monoisotopic (exact) mass is 570 g/mol. The summed E-state index contributed by atoms with van der Waals surface area (Å²) in [5, 5.41) is 10.0. The molecule has 3 saturated heterocycles. The van der Waals surface area contributed by atoms with Gasteiger partial charge in [-0.15, -0.1) is 0 Å². The van der Waals surface area contributed by atoms with E-state index in [4.69, 9.17) is 4.52 Å². The fraction of sp³-hybridized carbons (Fsp3) is 0.469. The largest absolute Gasteiger partial charge is 0.359 e. The van der Waals surface area contributed by atoms with E-state index in [1.165, 1.54) is 0 Å². The molecule has 5 atom stereocenters. The number of benzene rings is 1. The van der Waals surface area contributed by atoms with Gasteiger partial charge in [-0.05, 0) is 55.7 Å². The molecule has 10 heteroatoms. The summed E-state index contributed by atoms with van der Waals surface area (Å²) in [6.07, 6.45) is 6.70. The molecule has 0 unspecified atom stereocenters. The number of pyridine rings is 1. The topological polar surface area (TPSA) is 121 Å². The summed E-state index contributed by atoms with van der Waals surface area (Å²) in [6, 6.07) is 14.2. The van der Waals surface area contributed by atoms with Crippen LogP contribution in [0.5, 0.6) is 0 Å². The van der Waals surface area contributed by atoms with Gasteiger partial charge < -0.3 is 20.1 Å². The van der Waals surface area contributed by atoms with Crippen molar-refractivity contribution in [2.24, 2.45) is 11.8 Å². The number of hydrogen-bond acceptors (Lipinski definition) is 7. The Labute approximate surface area is 245 Å². The lowest BCUT2D eigenvalue weighted by molar-refractivity contribution is -0.146. The first-order valence-corrected chi connectivity index (χ1v) is 15.0. The second-order valence-electron chi connectivity index (χ2n) is 12.0. The average molecular weight is 571 g/mol. The van der Waals surface area contributed by atoms with Gasteiger partial charge in [0.2, 0.25) is 17.7 Å². The number of amides is 3. The van der Waals surface area contributed by atoms with Crippen LogP contribution in [0.1, 0.15) is 43.9 Å². The van der Waals surface area contributed by atoms with E-state index in [9.17, 15) is 14.4 Å². The molecule has 5 heterocycles. The maximum absolute atomic E-state index is 14.2. The summed E-state index contributed by atoms with van der Waals surface area (Å²) in [6.45, 7) is 4.63. The molecular weight excluding hydrogens is 532 g/mol. The Bertz CT molecular complexity index is 1400. The lowest BCUT2D eigenvalue weighted by Gasteiger charge is -2.51. The van der Waals surface area contributed by atoms with E-state index >= 15 is 0 Å². The Morgan fingerprint density at radius 3 is 2.69 bits per heavy atom. The number of piperidine rings is 2. The first kappa shape index (κ1) is 28.1. The lowest BCUT2D eigenvalue weighted by Crippen LogP contribution is -2.63. The smallest absolute Gasteiger partial charge is 0.245 e. The Morgan fingerprint density at radius 2 is 1.88 bits per heavy atom. The number of nitrogens with one attached hydrogen (secondary N) is 2. The molecule has 0 spiro atoms. The third-order valence-corrected chi connectivity index (χ3v) is 8.80. The highest BCUT2D eigenvalue weighted by Gasteiger charge is 2.44. The molecule has 3 amide bonds. The molecule has 0 aliphatic carbocycles. The standard InChI is InChI=1S/C32H38N6O4/c1-21-31(40)35-28(14-22-7-3-2-4-8-22)32(41)38-18-23-13-25(29(38)10-5-11-30(39)34-21)19-37(17-23)20-26-15-27(36-42-26)24-9-6-12-33-16-24/h2-4,6-9,12,15-16,21,23,25,28-29H,5,10-11,13-14,17-20H2,1H3,(H,34,39)(H,35,40)/t21-,23+,25-,28+,29+/m1/s1. The summed E-state index contributed by atoms with van der Waals surface area (Å²) in [7, 11) is 0. The number of fused-ring (bicyclic) bond motifs is 4. The van der Waals surface area contributed by atoms with Crippen LogP contribution >= 0.6 is 0 Å². The van der Waals surface area contributed by atoms with Gasteiger partial charge in [-0.25, -0.2) is 0 Å². The second-order valence-corrected chi connectivity index (χ2v) is 12.0. The molecule has 2 N–H and O–H groups in total. The van der Waals surface area contributed by atoms with Crippen molar-refractivity contribution in [3.05, 3.63) is 72.2 Å². The fourth-order valence-corrected chi connectivity index (χ4v) is 6.86. The molecule has 1 aromatic carbocycles. The molecule has 2 bridgehead atoms. The molecule has 10 nitrogen and oxygen atoms in total. The van der Waals surface area contributed by atoms with Crippen molar-refractivity contribution >= 4 is 17.7 Å². The zero-order valence-corrected chi connectivity index (χ0v) is 23.9. The van der Waals surface area contributed by atoms with Crippen molar-refractivity contribution in [1.29, 1.82) is 0 Å². The predicted molar refractivity (Wildman–Crippen MR) is 156 cm³/mol. The molecule has 220 valence electrons. The van der Waals surface area contributed by atoms with E-state index in [2.05, 4.69) is 25.7 Å². The van der Waals surface area contributed by atoms with Crippen LogP contribution in [0.4, 0.5) is 0 Å². The third kappa shape index (κ3) is 6.38. The van der Waals surface area contributed by atoms with Gasteiger partial charge in [0.1, 0.15) is 17.8 Å². The van der Waals surface area contributed by atoms with Crippen molar-refractivity contribution in [3.63, 3.8) is 0 Å². The highest BCUT2D eigenvalue weighted by atomic mass is 16.5. The van der Waals surface area contributed by atoms with Crippen molar-refractivity contribution in [2.45, 2.75) is 63.7 Å². The maximum Gasteiger partial charge on any atom is 0.245 e. The van der Waals surface area contributed by atoms with Crippen molar-refractivity contribution < 1.29 is 18.9 Å². The van der Waals surface area contributed by atoms with Crippen LogP contribution in [-0.2, 0) is 27.3 Å². The number of carbonyl (C=O) groups excluding carboxylic acids is 3. The minimum atomic E-state index is -0.706. The third-order valence-electron chi connectivity index (χ3n) is 8.80. The molecule has 0 saturated carbocycles. The average Bonchev–Trinajstić information content (AvgIpc) is 3.46. The molecular formula is C32H38N6O4. The normalized spacial score (nSPS) is 27.3. The van der Waals surface area contributed by atoms with Crippen LogP contribution in [0.3, 0.4) is 0 Å². The van der Waals surface area contributed by atoms with Gasteiger partial charge in [0, 0.05) is 62.5 Å². The van der Waals surface area contributed by atoms with E-state index in [1.54, 1.807) is 19.3 Å². The highest BCUT2D eigenvalue weighted by molar-refractivity contribution is 5.92. The Morgan fingerprint density at radius 1 is 1.02 bits per heavy atom. The van der Waals surface area contributed by atoms with Crippen molar-refractivity contribution in [1.82, 2.24) is 30.6 Å². The minimum absolute atomic E-state index is 0.00273. The number of hydrogen-bond donors (Lipinski definition) is 2. The summed E-state index contributed by atoms with van der Waals surface area (Å²) < 4.78 is 5.69. The van der Waals surface area contributed by atoms with Crippen molar-refractivity contribution in [2.75, 3.05) is 19.6 Å². The first-order valence-electron chi connectivity index (χ1n) is 15.0. The molecule has 3 aliphatic rings. The molecule has 6 rings (SSSR count). The van der Waals surface area contributed by atoms with Gasteiger partial charge in [0.15, 0.2) is 5.76 Å². The molecule has 2 aromatic heterocycles. The number of likely N-dealkylation sites (tertiary alicyclic amines) is 1. The van der Waals surface area contributed by atoms with Gasteiger partial charge in [-0.3, -0.25) is 24.3 Å². The van der Waals surface area contributed by atoms with E-state index in [0.717, 1.165) is 48.5 Å². The molecule has 0 radical (unpaired) electrons. The van der Waals surface area contributed by atoms with Crippen molar-refractivity contribution in [3.8, 4) is 11.3 Å². The van der Waals surface area contributed by atoms with Crippen LogP contribution in [0, 0.1) is 11.8 Å². The Balaban J connectivity index is 1.21. The highest BCUT2D eigenvalue weighted by Crippen LogP contribution is 2.37. The Hall–Kier alpha value is -4.05. The van der Waals surface area contributed by atoms with Gasteiger partial charge in [-0.1, -0.05) is 35.5 Å². The molecule has 3 fully saturated rings. The van der Waals surface area contributed by atoms with Gasteiger partial charge in [0.05, 0.1) is 6.54 Å². The van der Waals surface area contributed by atoms with Gasteiger partial charge >= 0.3 is 0 Å².